The summed E-state index contributed by atoms with van der Waals surface area (Å²) in [6.07, 6.45) is 8.11. The average Bonchev–Trinajstić information content (AvgIpc) is 3.12. The van der Waals surface area contributed by atoms with E-state index in [4.69, 9.17) is 0 Å². The van der Waals surface area contributed by atoms with Gasteiger partial charge in [0.2, 0.25) is 0 Å². The maximum atomic E-state index is 14.9. The number of halogens is 2. The summed E-state index contributed by atoms with van der Waals surface area (Å²) in [5, 5.41) is 2.25. The van der Waals surface area contributed by atoms with E-state index in [0.29, 0.717) is 16.5 Å². The van der Waals surface area contributed by atoms with Crippen LogP contribution in [0.15, 0.2) is 72.3 Å². The molecular formula is C23H16F2N4O. The molecule has 5 aromatic rings. The van der Waals surface area contributed by atoms with Gasteiger partial charge in [-0.2, -0.15) is 0 Å². The van der Waals surface area contributed by atoms with Gasteiger partial charge in [-0.1, -0.05) is 18.2 Å². The molecule has 3 heterocycles. The smallest absolute Gasteiger partial charge is 0.261 e. The van der Waals surface area contributed by atoms with E-state index in [1.165, 1.54) is 41.5 Å². The van der Waals surface area contributed by atoms with Crippen molar-refractivity contribution in [1.82, 2.24) is 19.1 Å². The first kappa shape index (κ1) is 18.2. The lowest BCUT2D eigenvalue weighted by Crippen LogP contribution is -2.22. The highest BCUT2D eigenvalue weighted by atomic mass is 19.1. The first-order valence-corrected chi connectivity index (χ1v) is 9.33. The Morgan fingerprint density at radius 1 is 1.03 bits per heavy atom. The SMILES string of the molecule is Cn1cc2cccc(-c3cc(F)c(Cn4cnc5cnccc5c4=O)c(F)c3)c2c1. The highest BCUT2D eigenvalue weighted by molar-refractivity contribution is 5.96. The van der Waals surface area contributed by atoms with E-state index < -0.39 is 11.6 Å². The van der Waals surface area contributed by atoms with E-state index in [1.807, 2.05) is 42.2 Å². The summed E-state index contributed by atoms with van der Waals surface area (Å²) < 4.78 is 33.0. The van der Waals surface area contributed by atoms with Crippen LogP contribution in [0.3, 0.4) is 0 Å². The van der Waals surface area contributed by atoms with Crippen LogP contribution in [0.1, 0.15) is 5.56 Å². The molecule has 0 unspecified atom stereocenters. The quantitative estimate of drug-likeness (QED) is 0.453. The van der Waals surface area contributed by atoms with Crippen LogP contribution in [0.2, 0.25) is 0 Å². The Bertz CT molecular complexity index is 1460. The number of hydrogen-bond donors (Lipinski definition) is 0. The molecule has 0 atom stereocenters. The summed E-state index contributed by atoms with van der Waals surface area (Å²) in [7, 11) is 1.90. The van der Waals surface area contributed by atoms with Crippen LogP contribution in [-0.2, 0) is 13.6 Å². The predicted molar refractivity (Wildman–Crippen MR) is 111 cm³/mol. The van der Waals surface area contributed by atoms with Crippen LogP contribution in [0.4, 0.5) is 8.78 Å². The molecule has 0 radical (unpaired) electrons. The van der Waals surface area contributed by atoms with E-state index in [-0.39, 0.29) is 17.7 Å². The van der Waals surface area contributed by atoms with Crippen molar-refractivity contribution in [3.8, 4) is 11.1 Å². The average molecular weight is 402 g/mol. The Hall–Kier alpha value is -3.87. The Kier molecular flexibility index (Phi) is 4.17. The lowest BCUT2D eigenvalue weighted by Gasteiger charge is -2.11. The molecule has 0 saturated heterocycles. The summed E-state index contributed by atoms with van der Waals surface area (Å²) in [5.74, 6) is -1.42. The standard InChI is InChI=1S/C23H16F2N4O/c1-28-10-14-3-2-4-16(18(14)11-28)15-7-20(24)19(21(25)8-15)12-29-13-27-22-9-26-6-5-17(22)23(29)30/h2-11,13H,12H2,1H3. The zero-order valence-corrected chi connectivity index (χ0v) is 16.0. The Morgan fingerprint density at radius 2 is 1.83 bits per heavy atom. The van der Waals surface area contributed by atoms with Gasteiger partial charge in [0.1, 0.15) is 11.6 Å². The van der Waals surface area contributed by atoms with Crippen LogP contribution in [0, 0.1) is 11.6 Å². The Labute approximate surface area is 169 Å². The number of aromatic nitrogens is 4. The Balaban J connectivity index is 1.59. The fourth-order valence-corrected chi connectivity index (χ4v) is 3.75. The van der Waals surface area contributed by atoms with Crippen molar-refractivity contribution < 1.29 is 8.78 Å². The topological polar surface area (TPSA) is 52.7 Å². The van der Waals surface area contributed by atoms with Crippen LogP contribution in [-0.4, -0.2) is 19.1 Å². The molecule has 5 nitrogen and oxygen atoms in total. The number of rotatable bonds is 3. The largest absolute Gasteiger partial charge is 0.356 e. The molecule has 148 valence electrons. The van der Waals surface area contributed by atoms with Gasteiger partial charge in [0.25, 0.3) is 5.56 Å². The molecule has 0 spiro atoms. The summed E-state index contributed by atoms with van der Waals surface area (Å²) in [6.45, 7) is -0.252. The van der Waals surface area contributed by atoms with Crippen molar-refractivity contribution in [2.24, 2.45) is 7.05 Å². The van der Waals surface area contributed by atoms with Crippen LogP contribution < -0.4 is 5.56 Å². The summed E-state index contributed by atoms with van der Waals surface area (Å²) in [5.41, 5.74) is 1.07. The first-order valence-electron chi connectivity index (χ1n) is 9.33. The molecule has 0 N–H and O–H groups in total. The van der Waals surface area contributed by atoms with Gasteiger partial charge >= 0.3 is 0 Å². The van der Waals surface area contributed by atoms with Gasteiger partial charge in [-0.25, -0.2) is 13.8 Å². The van der Waals surface area contributed by atoms with E-state index in [9.17, 15) is 13.6 Å². The molecule has 0 aliphatic rings. The molecule has 0 aliphatic heterocycles. The van der Waals surface area contributed by atoms with Crippen LogP contribution in [0.25, 0.3) is 32.8 Å². The van der Waals surface area contributed by atoms with E-state index in [2.05, 4.69) is 9.97 Å². The number of aryl methyl sites for hydroxylation is 1. The van der Waals surface area contributed by atoms with E-state index >= 15 is 0 Å². The molecule has 0 bridgehead atoms. The third-order valence-electron chi connectivity index (χ3n) is 5.22. The van der Waals surface area contributed by atoms with Gasteiger partial charge in [-0.3, -0.25) is 14.3 Å². The molecule has 0 aliphatic carbocycles. The van der Waals surface area contributed by atoms with Crippen molar-refractivity contribution in [3.05, 3.63) is 95.1 Å². The molecule has 0 saturated carbocycles. The number of benzene rings is 2. The number of pyridine rings is 1. The molecule has 0 amide bonds. The molecule has 5 rings (SSSR count). The number of fused-ring (bicyclic) bond motifs is 2. The number of hydrogen-bond acceptors (Lipinski definition) is 3. The molecule has 30 heavy (non-hydrogen) atoms. The fraction of sp³-hybridized carbons (Fsp3) is 0.0870. The van der Waals surface area contributed by atoms with Gasteiger partial charge in [-0.15, -0.1) is 0 Å². The zero-order chi connectivity index (χ0) is 20.8. The molecular weight excluding hydrogens is 386 g/mol. The maximum Gasteiger partial charge on any atom is 0.261 e. The molecule has 0 fully saturated rings. The highest BCUT2D eigenvalue weighted by Crippen LogP contribution is 2.31. The number of nitrogens with zero attached hydrogens (tertiary/aromatic N) is 4. The summed E-state index contributed by atoms with van der Waals surface area (Å²) in [4.78, 5) is 20.7. The van der Waals surface area contributed by atoms with Gasteiger partial charge in [0.05, 0.1) is 30.0 Å². The third kappa shape index (κ3) is 2.95. The third-order valence-corrected chi connectivity index (χ3v) is 5.22. The van der Waals surface area contributed by atoms with Crippen molar-refractivity contribution in [2.75, 3.05) is 0 Å². The van der Waals surface area contributed by atoms with E-state index in [1.54, 1.807) is 0 Å². The molecule has 7 heteroatoms. The Morgan fingerprint density at radius 3 is 2.63 bits per heavy atom. The lowest BCUT2D eigenvalue weighted by molar-refractivity contribution is 0.541. The van der Waals surface area contributed by atoms with E-state index in [0.717, 1.165) is 16.3 Å². The minimum atomic E-state index is -0.709. The lowest BCUT2D eigenvalue weighted by atomic mass is 9.99. The predicted octanol–water partition coefficient (Wildman–Crippen LogP) is 4.28. The second-order valence-corrected chi connectivity index (χ2v) is 7.22. The van der Waals surface area contributed by atoms with Crippen LogP contribution >= 0.6 is 0 Å². The normalized spacial score (nSPS) is 11.4. The van der Waals surface area contributed by atoms with Gasteiger partial charge < -0.3 is 4.57 Å². The van der Waals surface area contributed by atoms with Crippen molar-refractivity contribution in [2.45, 2.75) is 6.54 Å². The second kappa shape index (κ2) is 6.88. The van der Waals surface area contributed by atoms with Gasteiger partial charge in [0, 0.05) is 36.6 Å². The second-order valence-electron chi connectivity index (χ2n) is 7.22. The summed E-state index contributed by atoms with van der Waals surface area (Å²) >= 11 is 0. The van der Waals surface area contributed by atoms with Gasteiger partial charge in [-0.05, 0) is 34.7 Å². The monoisotopic (exact) mass is 402 g/mol. The molecule has 2 aromatic carbocycles. The maximum absolute atomic E-state index is 14.9. The van der Waals surface area contributed by atoms with Crippen molar-refractivity contribution in [3.63, 3.8) is 0 Å². The summed E-state index contributed by atoms with van der Waals surface area (Å²) in [6, 6.07) is 9.80. The zero-order valence-electron chi connectivity index (χ0n) is 16.0. The molecule has 3 aromatic heterocycles. The highest BCUT2D eigenvalue weighted by Gasteiger charge is 2.16. The fourth-order valence-electron chi connectivity index (χ4n) is 3.75. The minimum Gasteiger partial charge on any atom is -0.356 e. The van der Waals surface area contributed by atoms with Crippen LogP contribution in [0.5, 0.6) is 0 Å². The van der Waals surface area contributed by atoms with Crippen molar-refractivity contribution >= 4 is 21.7 Å². The van der Waals surface area contributed by atoms with Gasteiger partial charge in [0.15, 0.2) is 0 Å². The minimum absolute atomic E-state index is 0.184. The first-order chi connectivity index (χ1) is 14.5. The van der Waals surface area contributed by atoms with Crippen molar-refractivity contribution in [1.29, 1.82) is 0 Å².